The molecule has 0 aliphatic rings. The summed E-state index contributed by atoms with van der Waals surface area (Å²) in [4.78, 5) is 25.4. The third kappa shape index (κ3) is 4.62. The summed E-state index contributed by atoms with van der Waals surface area (Å²) in [7, 11) is 3.66. The van der Waals surface area contributed by atoms with Gasteiger partial charge < -0.3 is 14.7 Å². The molecule has 1 atom stereocenters. The minimum Gasteiger partial charge on any atom is -0.363 e. The molecule has 2 aromatic rings. The zero-order valence-electron chi connectivity index (χ0n) is 12.7. The van der Waals surface area contributed by atoms with E-state index in [1.165, 1.54) is 24.5 Å². The van der Waals surface area contributed by atoms with Crippen LogP contribution < -0.4 is 10.6 Å². The SMILES string of the molecule is CN(C)[C@@H](CNC(=O)C(=O)Nc1ccon1)c1ccc(F)cc1. The summed E-state index contributed by atoms with van der Waals surface area (Å²) in [6.45, 7) is 0.198. The summed E-state index contributed by atoms with van der Waals surface area (Å²) >= 11 is 0. The molecule has 8 heteroatoms. The Morgan fingerprint density at radius 1 is 1.22 bits per heavy atom. The first kappa shape index (κ1) is 16.6. The van der Waals surface area contributed by atoms with Crippen LogP contribution >= 0.6 is 0 Å². The predicted molar refractivity (Wildman–Crippen MR) is 81.0 cm³/mol. The van der Waals surface area contributed by atoms with Gasteiger partial charge in [0.2, 0.25) is 0 Å². The van der Waals surface area contributed by atoms with Crippen molar-refractivity contribution in [3.63, 3.8) is 0 Å². The molecule has 0 bridgehead atoms. The van der Waals surface area contributed by atoms with Gasteiger partial charge in [-0.3, -0.25) is 14.9 Å². The van der Waals surface area contributed by atoms with E-state index in [9.17, 15) is 14.0 Å². The molecule has 0 saturated heterocycles. The van der Waals surface area contributed by atoms with Gasteiger partial charge in [0.15, 0.2) is 5.82 Å². The molecule has 122 valence electrons. The van der Waals surface area contributed by atoms with Crippen LogP contribution in [-0.4, -0.2) is 42.5 Å². The zero-order valence-corrected chi connectivity index (χ0v) is 12.7. The van der Waals surface area contributed by atoms with Crippen LogP contribution in [0.4, 0.5) is 10.2 Å². The van der Waals surface area contributed by atoms with Crippen LogP contribution in [0.2, 0.25) is 0 Å². The Labute approximate surface area is 132 Å². The predicted octanol–water partition coefficient (Wildman–Crippen LogP) is 1.17. The van der Waals surface area contributed by atoms with E-state index in [0.29, 0.717) is 0 Å². The second-order valence-electron chi connectivity index (χ2n) is 5.08. The van der Waals surface area contributed by atoms with Gasteiger partial charge in [-0.1, -0.05) is 17.3 Å². The number of carbonyl (C=O) groups excluding carboxylic acids is 2. The smallest absolute Gasteiger partial charge is 0.314 e. The highest BCUT2D eigenvalue weighted by Crippen LogP contribution is 2.17. The number of halogens is 1. The lowest BCUT2D eigenvalue weighted by atomic mass is 10.1. The van der Waals surface area contributed by atoms with E-state index in [4.69, 9.17) is 0 Å². The van der Waals surface area contributed by atoms with Gasteiger partial charge in [-0.25, -0.2) is 4.39 Å². The summed E-state index contributed by atoms with van der Waals surface area (Å²) in [5.41, 5.74) is 0.827. The summed E-state index contributed by atoms with van der Waals surface area (Å²) in [6.07, 6.45) is 1.28. The summed E-state index contributed by atoms with van der Waals surface area (Å²) in [5, 5.41) is 8.33. The molecule has 2 amide bonds. The number of benzene rings is 1. The molecule has 2 rings (SSSR count). The maximum atomic E-state index is 13.0. The van der Waals surface area contributed by atoms with Gasteiger partial charge in [0.25, 0.3) is 0 Å². The first-order valence-corrected chi connectivity index (χ1v) is 6.89. The second-order valence-corrected chi connectivity index (χ2v) is 5.08. The summed E-state index contributed by atoms with van der Waals surface area (Å²) < 4.78 is 17.6. The second kappa shape index (κ2) is 7.50. The van der Waals surface area contributed by atoms with E-state index in [1.807, 2.05) is 19.0 Å². The Balaban J connectivity index is 1.94. The number of anilines is 1. The molecular weight excluding hydrogens is 303 g/mol. The number of amides is 2. The number of rotatable bonds is 5. The monoisotopic (exact) mass is 320 g/mol. The van der Waals surface area contributed by atoms with E-state index < -0.39 is 11.8 Å². The van der Waals surface area contributed by atoms with Crippen molar-refractivity contribution in [2.75, 3.05) is 26.0 Å². The molecular formula is C15H17FN4O3. The lowest BCUT2D eigenvalue weighted by Gasteiger charge is -2.25. The van der Waals surface area contributed by atoms with Gasteiger partial charge in [0, 0.05) is 12.6 Å². The average molecular weight is 320 g/mol. The van der Waals surface area contributed by atoms with Crippen LogP contribution in [0, 0.1) is 5.82 Å². The summed E-state index contributed by atoms with van der Waals surface area (Å²) in [5.74, 6) is -1.80. The molecule has 1 aromatic heterocycles. The fourth-order valence-corrected chi connectivity index (χ4v) is 2.00. The van der Waals surface area contributed by atoms with Crippen LogP contribution in [0.15, 0.2) is 41.1 Å². The van der Waals surface area contributed by atoms with Crippen molar-refractivity contribution >= 4 is 17.6 Å². The average Bonchev–Trinajstić information content (AvgIpc) is 3.01. The molecule has 1 aromatic carbocycles. The first-order valence-electron chi connectivity index (χ1n) is 6.89. The molecule has 0 aliphatic heterocycles. The van der Waals surface area contributed by atoms with Crippen molar-refractivity contribution in [2.24, 2.45) is 0 Å². The Morgan fingerprint density at radius 3 is 2.48 bits per heavy atom. The number of likely N-dealkylation sites (N-methyl/N-ethyl adjacent to an activating group) is 1. The van der Waals surface area contributed by atoms with Gasteiger partial charge >= 0.3 is 11.8 Å². The van der Waals surface area contributed by atoms with Crippen molar-refractivity contribution in [1.82, 2.24) is 15.4 Å². The Kier molecular flexibility index (Phi) is 5.42. The van der Waals surface area contributed by atoms with Gasteiger partial charge in [-0.2, -0.15) is 0 Å². The van der Waals surface area contributed by atoms with Gasteiger partial charge in [0.1, 0.15) is 12.1 Å². The van der Waals surface area contributed by atoms with Crippen molar-refractivity contribution < 1.29 is 18.5 Å². The number of nitrogens with zero attached hydrogens (tertiary/aromatic N) is 2. The third-order valence-corrected chi connectivity index (χ3v) is 3.22. The Morgan fingerprint density at radius 2 is 1.91 bits per heavy atom. The lowest BCUT2D eigenvalue weighted by Crippen LogP contribution is -2.40. The fourth-order valence-electron chi connectivity index (χ4n) is 2.00. The third-order valence-electron chi connectivity index (χ3n) is 3.22. The molecule has 0 saturated carbocycles. The highest BCUT2D eigenvalue weighted by atomic mass is 19.1. The van der Waals surface area contributed by atoms with Crippen molar-refractivity contribution in [1.29, 1.82) is 0 Å². The molecule has 0 radical (unpaired) electrons. The lowest BCUT2D eigenvalue weighted by molar-refractivity contribution is -0.136. The Bertz CT molecular complexity index is 656. The molecule has 0 fully saturated rings. The number of carbonyl (C=O) groups is 2. The van der Waals surface area contributed by atoms with Crippen molar-refractivity contribution in [2.45, 2.75) is 6.04 Å². The number of hydrogen-bond acceptors (Lipinski definition) is 5. The molecule has 0 aliphatic carbocycles. The standard InChI is InChI=1S/C15H17FN4O3/c1-20(2)12(10-3-5-11(16)6-4-10)9-17-14(21)15(22)18-13-7-8-23-19-13/h3-8,12H,9H2,1-2H3,(H,17,21)(H,18,19,22)/t12-/m0/s1. The van der Waals surface area contributed by atoms with Gasteiger partial charge in [-0.05, 0) is 31.8 Å². The highest BCUT2D eigenvalue weighted by molar-refractivity contribution is 6.39. The highest BCUT2D eigenvalue weighted by Gasteiger charge is 2.19. The fraction of sp³-hybridized carbons (Fsp3) is 0.267. The van der Waals surface area contributed by atoms with Crippen LogP contribution in [0.1, 0.15) is 11.6 Å². The quantitative estimate of drug-likeness (QED) is 0.808. The molecule has 7 nitrogen and oxygen atoms in total. The first-order chi connectivity index (χ1) is 11.0. The van der Waals surface area contributed by atoms with Crippen molar-refractivity contribution in [3.05, 3.63) is 48.0 Å². The van der Waals surface area contributed by atoms with Crippen LogP contribution in [0.5, 0.6) is 0 Å². The number of hydrogen-bond donors (Lipinski definition) is 2. The van der Waals surface area contributed by atoms with Crippen LogP contribution in [-0.2, 0) is 9.59 Å². The number of aromatic nitrogens is 1. The van der Waals surface area contributed by atoms with E-state index >= 15 is 0 Å². The molecule has 1 heterocycles. The number of nitrogens with one attached hydrogen (secondary N) is 2. The van der Waals surface area contributed by atoms with Crippen molar-refractivity contribution in [3.8, 4) is 0 Å². The maximum absolute atomic E-state index is 13.0. The molecule has 2 N–H and O–H groups in total. The van der Waals surface area contributed by atoms with E-state index in [2.05, 4.69) is 20.3 Å². The maximum Gasteiger partial charge on any atom is 0.314 e. The molecule has 23 heavy (non-hydrogen) atoms. The van der Waals surface area contributed by atoms with E-state index in [-0.39, 0.29) is 24.2 Å². The Hall–Kier alpha value is -2.74. The van der Waals surface area contributed by atoms with E-state index in [0.717, 1.165) is 5.56 Å². The van der Waals surface area contributed by atoms with Crippen LogP contribution in [0.3, 0.4) is 0 Å². The summed E-state index contributed by atoms with van der Waals surface area (Å²) in [6, 6.07) is 7.21. The normalized spacial score (nSPS) is 12.0. The minimum atomic E-state index is -0.837. The molecule has 0 unspecified atom stereocenters. The minimum absolute atomic E-state index is 0.160. The van der Waals surface area contributed by atoms with E-state index in [1.54, 1.807) is 12.1 Å². The van der Waals surface area contributed by atoms with Gasteiger partial charge in [0.05, 0.1) is 6.04 Å². The topological polar surface area (TPSA) is 87.5 Å². The van der Waals surface area contributed by atoms with Gasteiger partial charge in [-0.15, -0.1) is 0 Å². The zero-order chi connectivity index (χ0) is 16.8. The van der Waals surface area contributed by atoms with Crippen LogP contribution in [0.25, 0.3) is 0 Å². The largest absolute Gasteiger partial charge is 0.363 e. The molecule has 0 spiro atoms.